The first-order chi connectivity index (χ1) is 14.8. The molecule has 0 aliphatic rings. The molecule has 1 aromatic heterocycles. The molecule has 0 bridgehead atoms. The molecule has 0 aliphatic carbocycles. The number of ether oxygens (including phenoxy) is 3. The number of carbonyl (C=O) groups is 4. The second kappa shape index (κ2) is 11.1. The standard InChI is InChI=1S/C21H24N2O7S/c1-5-29-21(27)17-12(2)18(19(26)22-3)31-20(17)23-15(24)11-30-16(25)10-13-6-8-14(28-4)9-7-13/h6-9H,5,10-11H2,1-4H3,(H,22,26)(H,23,24). The Balaban J connectivity index is 2.04. The van der Waals surface area contributed by atoms with E-state index in [1.165, 1.54) is 7.05 Å². The van der Waals surface area contributed by atoms with Gasteiger partial charge >= 0.3 is 11.9 Å². The molecule has 10 heteroatoms. The molecule has 0 unspecified atom stereocenters. The predicted molar refractivity (Wildman–Crippen MR) is 115 cm³/mol. The van der Waals surface area contributed by atoms with Gasteiger partial charge in [-0.3, -0.25) is 14.4 Å². The molecule has 1 aromatic carbocycles. The van der Waals surface area contributed by atoms with Gasteiger partial charge < -0.3 is 24.8 Å². The number of benzene rings is 1. The molecule has 0 radical (unpaired) electrons. The van der Waals surface area contributed by atoms with Gasteiger partial charge in [0.2, 0.25) is 0 Å². The fourth-order valence-corrected chi connectivity index (χ4v) is 3.81. The van der Waals surface area contributed by atoms with Gasteiger partial charge in [-0.25, -0.2) is 4.79 Å². The number of methoxy groups -OCH3 is 1. The van der Waals surface area contributed by atoms with Gasteiger partial charge in [0.15, 0.2) is 6.61 Å². The lowest BCUT2D eigenvalue weighted by molar-refractivity contribution is -0.146. The SMILES string of the molecule is CCOC(=O)c1c(NC(=O)COC(=O)Cc2ccc(OC)cc2)sc(C(=O)NC)c1C. The maximum atomic E-state index is 12.3. The van der Waals surface area contributed by atoms with Gasteiger partial charge in [0, 0.05) is 7.05 Å². The first-order valence-corrected chi connectivity index (χ1v) is 10.2. The molecule has 0 fully saturated rings. The Labute approximate surface area is 183 Å². The van der Waals surface area contributed by atoms with Crippen LogP contribution in [0.25, 0.3) is 0 Å². The van der Waals surface area contributed by atoms with Crippen LogP contribution in [0.3, 0.4) is 0 Å². The Hall–Kier alpha value is -3.40. The summed E-state index contributed by atoms with van der Waals surface area (Å²) >= 11 is 0.945. The van der Waals surface area contributed by atoms with Crippen molar-refractivity contribution in [2.24, 2.45) is 0 Å². The Kier molecular flexibility index (Phi) is 8.56. The van der Waals surface area contributed by atoms with Crippen LogP contribution in [0, 0.1) is 6.92 Å². The third-order valence-electron chi connectivity index (χ3n) is 4.18. The zero-order valence-electron chi connectivity index (χ0n) is 17.7. The van der Waals surface area contributed by atoms with E-state index in [4.69, 9.17) is 14.2 Å². The van der Waals surface area contributed by atoms with Crippen molar-refractivity contribution in [1.29, 1.82) is 0 Å². The van der Waals surface area contributed by atoms with Crippen LogP contribution in [0.1, 0.15) is 38.1 Å². The van der Waals surface area contributed by atoms with Crippen LogP contribution in [0.15, 0.2) is 24.3 Å². The van der Waals surface area contributed by atoms with Crippen molar-refractivity contribution in [3.63, 3.8) is 0 Å². The number of thiophene rings is 1. The van der Waals surface area contributed by atoms with Crippen molar-refractivity contribution in [1.82, 2.24) is 5.32 Å². The summed E-state index contributed by atoms with van der Waals surface area (Å²) in [6.07, 6.45) is -0.00964. The molecule has 2 aromatic rings. The second-order valence-electron chi connectivity index (χ2n) is 6.29. The molecule has 1 heterocycles. The van der Waals surface area contributed by atoms with E-state index in [2.05, 4.69) is 10.6 Å². The minimum atomic E-state index is -0.654. The minimum Gasteiger partial charge on any atom is -0.497 e. The summed E-state index contributed by atoms with van der Waals surface area (Å²) in [6.45, 7) is 2.85. The van der Waals surface area contributed by atoms with Crippen LogP contribution < -0.4 is 15.4 Å². The monoisotopic (exact) mass is 448 g/mol. The van der Waals surface area contributed by atoms with Gasteiger partial charge in [-0.2, -0.15) is 0 Å². The minimum absolute atomic E-state index is 0.00964. The summed E-state index contributed by atoms with van der Waals surface area (Å²) in [5, 5.41) is 5.17. The van der Waals surface area contributed by atoms with E-state index in [1.807, 2.05) is 0 Å². The van der Waals surface area contributed by atoms with Crippen LogP contribution >= 0.6 is 11.3 Å². The van der Waals surface area contributed by atoms with Crippen molar-refractivity contribution >= 4 is 40.1 Å². The quantitative estimate of drug-likeness (QED) is 0.565. The smallest absolute Gasteiger partial charge is 0.341 e. The Bertz CT molecular complexity index is 967. The molecule has 0 saturated carbocycles. The summed E-state index contributed by atoms with van der Waals surface area (Å²) in [4.78, 5) is 48.9. The van der Waals surface area contributed by atoms with Crippen molar-refractivity contribution in [3.8, 4) is 5.75 Å². The Morgan fingerprint density at radius 2 is 1.74 bits per heavy atom. The van der Waals surface area contributed by atoms with Crippen molar-refractivity contribution in [3.05, 3.63) is 45.8 Å². The summed E-state index contributed by atoms with van der Waals surface area (Å²) < 4.78 is 15.1. The first-order valence-electron chi connectivity index (χ1n) is 9.41. The van der Waals surface area contributed by atoms with E-state index in [0.717, 1.165) is 11.3 Å². The van der Waals surface area contributed by atoms with E-state index in [0.29, 0.717) is 16.9 Å². The number of carbonyl (C=O) groups excluding carboxylic acids is 4. The lowest BCUT2D eigenvalue weighted by Gasteiger charge is -2.08. The third-order valence-corrected chi connectivity index (χ3v) is 5.39. The molecule has 31 heavy (non-hydrogen) atoms. The molecule has 9 nitrogen and oxygen atoms in total. The van der Waals surface area contributed by atoms with Crippen molar-refractivity contribution in [2.45, 2.75) is 20.3 Å². The maximum absolute atomic E-state index is 12.3. The predicted octanol–water partition coefficient (Wildman–Crippen LogP) is 2.33. The highest BCUT2D eigenvalue weighted by Crippen LogP contribution is 2.33. The third kappa shape index (κ3) is 6.29. The zero-order valence-corrected chi connectivity index (χ0v) is 18.5. The van der Waals surface area contributed by atoms with Crippen LogP contribution in [-0.2, 0) is 25.5 Å². The number of hydrogen-bond acceptors (Lipinski definition) is 8. The molecular weight excluding hydrogens is 424 g/mol. The number of rotatable bonds is 9. The fourth-order valence-electron chi connectivity index (χ4n) is 2.65. The normalized spacial score (nSPS) is 10.2. The molecule has 0 atom stereocenters. The average Bonchev–Trinajstić information content (AvgIpc) is 3.08. The zero-order chi connectivity index (χ0) is 23.0. The van der Waals surface area contributed by atoms with Crippen LogP contribution in [0.5, 0.6) is 5.75 Å². The lowest BCUT2D eigenvalue weighted by Crippen LogP contribution is -2.22. The van der Waals surface area contributed by atoms with E-state index < -0.39 is 24.5 Å². The number of anilines is 1. The van der Waals surface area contributed by atoms with Crippen LogP contribution in [-0.4, -0.2) is 51.1 Å². The van der Waals surface area contributed by atoms with E-state index in [1.54, 1.807) is 45.2 Å². The highest BCUT2D eigenvalue weighted by molar-refractivity contribution is 7.18. The average molecular weight is 448 g/mol. The van der Waals surface area contributed by atoms with E-state index in [-0.39, 0.29) is 34.4 Å². The number of amides is 2. The summed E-state index contributed by atoms with van der Waals surface area (Å²) in [5.74, 6) is -1.60. The van der Waals surface area contributed by atoms with Crippen LogP contribution in [0.4, 0.5) is 5.00 Å². The summed E-state index contributed by atoms with van der Waals surface area (Å²) in [6, 6.07) is 6.88. The Morgan fingerprint density at radius 3 is 2.32 bits per heavy atom. The largest absolute Gasteiger partial charge is 0.497 e. The summed E-state index contributed by atoms with van der Waals surface area (Å²) in [7, 11) is 3.01. The van der Waals surface area contributed by atoms with E-state index >= 15 is 0 Å². The number of nitrogens with one attached hydrogen (secondary N) is 2. The first kappa shape index (κ1) is 23.9. The molecule has 2 N–H and O–H groups in total. The van der Waals surface area contributed by atoms with Gasteiger partial charge in [-0.15, -0.1) is 11.3 Å². The fraction of sp³-hybridized carbons (Fsp3) is 0.333. The van der Waals surface area contributed by atoms with Gasteiger partial charge in [-0.05, 0) is 37.1 Å². The van der Waals surface area contributed by atoms with Crippen molar-refractivity contribution < 1.29 is 33.4 Å². The summed E-state index contributed by atoms with van der Waals surface area (Å²) in [5.41, 5.74) is 1.21. The van der Waals surface area contributed by atoms with Crippen molar-refractivity contribution in [2.75, 3.05) is 32.7 Å². The van der Waals surface area contributed by atoms with Gasteiger partial charge in [0.1, 0.15) is 10.8 Å². The topological polar surface area (TPSA) is 120 Å². The maximum Gasteiger partial charge on any atom is 0.341 e. The van der Waals surface area contributed by atoms with Gasteiger partial charge in [-0.1, -0.05) is 12.1 Å². The highest BCUT2D eigenvalue weighted by atomic mass is 32.1. The molecule has 0 saturated heterocycles. The Morgan fingerprint density at radius 1 is 1.06 bits per heavy atom. The molecule has 0 spiro atoms. The number of hydrogen-bond donors (Lipinski definition) is 2. The molecule has 0 aliphatic heterocycles. The molecule has 2 amide bonds. The molecular formula is C21H24N2O7S. The highest BCUT2D eigenvalue weighted by Gasteiger charge is 2.26. The second-order valence-corrected chi connectivity index (χ2v) is 7.31. The van der Waals surface area contributed by atoms with E-state index in [9.17, 15) is 19.2 Å². The molecule has 2 rings (SSSR count). The van der Waals surface area contributed by atoms with Gasteiger partial charge in [0.05, 0.1) is 30.6 Å². The lowest BCUT2D eigenvalue weighted by atomic mass is 10.1. The number of esters is 2. The van der Waals surface area contributed by atoms with Gasteiger partial charge in [0.25, 0.3) is 11.8 Å². The molecule has 166 valence electrons. The van der Waals surface area contributed by atoms with Crippen LogP contribution in [0.2, 0.25) is 0 Å².